The van der Waals surface area contributed by atoms with E-state index in [0.29, 0.717) is 54.3 Å². The number of ether oxygens (including phenoxy) is 3. The van der Waals surface area contributed by atoms with Crippen LogP contribution in [0.2, 0.25) is 0 Å². The summed E-state index contributed by atoms with van der Waals surface area (Å²) in [6, 6.07) is 2.16. The van der Waals surface area contributed by atoms with Crippen molar-refractivity contribution in [3.05, 3.63) is 35.8 Å². The summed E-state index contributed by atoms with van der Waals surface area (Å²) >= 11 is 0. The lowest BCUT2D eigenvalue weighted by molar-refractivity contribution is 0.0270. The third-order valence-electron chi connectivity index (χ3n) is 7.18. The van der Waals surface area contributed by atoms with Gasteiger partial charge in [-0.2, -0.15) is 10.1 Å². The number of carbonyl (C=O) groups is 2. The van der Waals surface area contributed by atoms with Crippen LogP contribution in [0.4, 0.5) is 21.4 Å². The molecule has 238 valence electrons. The number of nitrogens with one attached hydrogen (secondary N) is 2. The first-order valence-corrected chi connectivity index (χ1v) is 15.1. The van der Waals surface area contributed by atoms with Crippen molar-refractivity contribution in [3.8, 4) is 5.75 Å². The standard InChI is InChI=1S/C31H44N8O5/c1-8-10-22(11-9-2)34-27-26-23(35-28(36-27)37-29(40)43-7)18-33-39(26)19-24-25(42-6)16-21(17-32-24)20-12-14-38(15-13-20)30(41)44-31(3,4)5/h12,16-18,22H,8-11,13-15,19H2,1-7H3,(H2,34,35,36,37,40). The molecule has 0 saturated carbocycles. The molecule has 0 bridgehead atoms. The molecule has 0 aliphatic carbocycles. The summed E-state index contributed by atoms with van der Waals surface area (Å²) in [5.74, 6) is 1.32. The minimum absolute atomic E-state index is 0.129. The van der Waals surface area contributed by atoms with Gasteiger partial charge in [-0.1, -0.05) is 32.8 Å². The molecule has 2 amide bonds. The second-order valence-electron chi connectivity index (χ2n) is 11.7. The highest BCUT2D eigenvalue weighted by molar-refractivity contribution is 5.89. The average Bonchev–Trinajstić information content (AvgIpc) is 3.39. The fraction of sp³-hybridized carbons (Fsp3) is 0.548. The van der Waals surface area contributed by atoms with Crippen molar-refractivity contribution in [3.63, 3.8) is 0 Å². The number of rotatable bonds is 11. The zero-order valence-corrected chi connectivity index (χ0v) is 26.8. The van der Waals surface area contributed by atoms with E-state index in [1.54, 1.807) is 22.9 Å². The summed E-state index contributed by atoms with van der Waals surface area (Å²) in [7, 11) is 2.91. The summed E-state index contributed by atoms with van der Waals surface area (Å²) in [6.07, 6.45) is 9.18. The van der Waals surface area contributed by atoms with Crippen LogP contribution >= 0.6 is 0 Å². The molecular formula is C31H44N8O5. The number of nitrogens with zero attached hydrogens (tertiary/aromatic N) is 6. The van der Waals surface area contributed by atoms with Gasteiger partial charge in [0.15, 0.2) is 5.82 Å². The summed E-state index contributed by atoms with van der Waals surface area (Å²) in [5.41, 5.74) is 3.45. The number of carbonyl (C=O) groups excluding carboxylic acids is 2. The Balaban J connectivity index is 1.61. The number of methoxy groups -OCH3 is 2. The fourth-order valence-corrected chi connectivity index (χ4v) is 5.11. The van der Waals surface area contributed by atoms with Crippen molar-refractivity contribution in [1.29, 1.82) is 0 Å². The van der Waals surface area contributed by atoms with E-state index >= 15 is 0 Å². The molecule has 0 saturated heterocycles. The van der Waals surface area contributed by atoms with Crippen molar-refractivity contribution in [2.45, 2.75) is 84.9 Å². The monoisotopic (exact) mass is 608 g/mol. The van der Waals surface area contributed by atoms with Gasteiger partial charge >= 0.3 is 12.2 Å². The third-order valence-corrected chi connectivity index (χ3v) is 7.18. The van der Waals surface area contributed by atoms with Crippen LogP contribution in [0.5, 0.6) is 5.75 Å². The van der Waals surface area contributed by atoms with Crippen molar-refractivity contribution in [2.24, 2.45) is 0 Å². The predicted octanol–water partition coefficient (Wildman–Crippen LogP) is 5.86. The number of amides is 2. The number of hydrogen-bond donors (Lipinski definition) is 2. The molecule has 4 heterocycles. The van der Waals surface area contributed by atoms with Crippen molar-refractivity contribution in [1.82, 2.24) is 29.6 Å². The molecule has 3 aromatic heterocycles. The number of aromatic nitrogens is 5. The van der Waals surface area contributed by atoms with E-state index in [0.717, 1.165) is 36.8 Å². The topological polar surface area (TPSA) is 146 Å². The van der Waals surface area contributed by atoms with E-state index in [4.69, 9.17) is 19.2 Å². The van der Waals surface area contributed by atoms with Gasteiger partial charge in [0.05, 0.1) is 27.0 Å². The van der Waals surface area contributed by atoms with E-state index in [1.165, 1.54) is 7.11 Å². The fourth-order valence-electron chi connectivity index (χ4n) is 5.11. The Morgan fingerprint density at radius 2 is 1.84 bits per heavy atom. The van der Waals surface area contributed by atoms with E-state index in [2.05, 4.69) is 39.5 Å². The molecule has 0 fully saturated rings. The normalized spacial score (nSPS) is 13.5. The molecule has 3 aromatic rings. The second kappa shape index (κ2) is 14.4. The van der Waals surface area contributed by atoms with Crippen LogP contribution in [0.1, 0.15) is 78.0 Å². The van der Waals surface area contributed by atoms with Gasteiger partial charge in [0.25, 0.3) is 0 Å². The number of hydrogen-bond acceptors (Lipinski definition) is 10. The maximum absolute atomic E-state index is 12.5. The summed E-state index contributed by atoms with van der Waals surface area (Å²) < 4.78 is 17.8. The van der Waals surface area contributed by atoms with Crippen LogP contribution in [0.15, 0.2) is 24.5 Å². The number of pyridine rings is 1. The van der Waals surface area contributed by atoms with Crippen LogP contribution in [0, 0.1) is 0 Å². The van der Waals surface area contributed by atoms with Crippen LogP contribution < -0.4 is 15.4 Å². The van der Waals surface area contributed by atoms with Gasteiger partial charge in [-0.25, -0.2) is 14.6 Å². The van der Waals surface area contributed by atoms with Gasteiger partial charge < -0.3 is 24.4 Å². The van der Waals surface area contributed by atoms with Gasteiger partial charge in [0, 0.05) is 25.3 Å². The molecule has 0 aromatic carbocycles. The van der Waals surface area contributed by atoms with Gasteiger partial charge in [0.1, 0.15) is 28.1 Å². The van der Waals surface area contributed by atoms with Crippen LogP contribution in [0.25, 0.3) is 16.6 Å². The van der Waals surface area contributed by atoms with Crippen molar-refractivity contribution in [2.75, 3.05) is 37.9 Å². The molecule has 1 aliphatic heterocycles. The largest absolute Gasteiger partial charge is 0.495 e. The first-order valence-electron chi connectivity index (χ1n) is 15.1. The van der Waals surface area contributed by atoms with Crippen LogP contribution in [0.3, 0.4) is 0 Å². The molecule has 1 aliphatic rings. The lowest BCUT2D eigenvalue weighted by atomic mass is 10.0. The molecule has 0 atom stereocenters. The van der Waals surface area contributed by atoms with Gasteiger partial charge in [-0.05, 0) is 57.2 Å². The Kier molecular flexibility index (Phi) is 10.6. The maximum Gasteiger partial charge on any atom is 0.413 e. The second-order valence-corrected chi connectivity index (χ2v) is 11.7. The summed E-state index contributed by atoms with van der Waals surface area (Å²) in [5, 5.41) is 10.7. The Hall–Kier alpha value is -4.42. The van der Waals surface area contributed by atoms with Crippen molar-refractivity contribution < 1.29 is 23.8 Å². The van der Waals surface area contributed by atoms with E-state index < -0.39 is 11.7 Å². The lowest BCUT2D eigenvalue weighted by Gasteiger charge is -2.29. The predicted molar refractivity (Wildman–Crippen MR) is 169 cm³/mol. The zero-order chi connectivity index (χ0) is 31.9. The van der Waals surface area contributed by atoms with Crippen LogP contribution in [-0.2, 0) is 16.0 Å². The minimum Gasteiger partial charge on any atom is -0.495 e. The van der Waals surface area contributed by atoms with E-state index in [1.807, 2.05) is 39.1 Å². The van der Waals surface area contributed by atoms with Gasteiger partial charge in [0.2, 0.25) is 5.95 Å². The Bertz CT molecular complexity index is 1490. The summed E-state index contributed by atoms with van der Waals surface area (Å²) in [4.78, 5) is 40.0. The first-order chi connectivity index (χ1) is 21.0. The maximum atomic E-state index is 12.5. The molecule has 0 unspecified atom stereocenters. The number of anilines is 2. The zero-order valence-electron chi connectivity index (χ0n) is 26.8. The Morgan fingerprint density at radius 1 is 1.09 bits per heavy atom. The minimum atomic E-state index is -0.652. The Morgan fingerprint density at radius 3 is 2.45 bits per heavy atom. The molecule has 44 heavy (non-hydrogen) atoms. The lowest BCUT2D eigenvalue weighted by Crippen LogP contribution is -2.39. The third kappa shape index (κ3) is 8.14. The van der Waals surface area contributed by atoms with Crippen molar-refractivity contribution >= 4 is 40.6 Å². The highest BCUT2D eigenvalue weighted by atomic mass is 16.6. The van der Waals surface area contributed by atoms with E-state index in [-0.39, 0.29) is 18.1 Å². The molecule has 0 spiro atoms. The molecule has 13 nitrogen and oxygen atoms in total. The number of fused-ring (bicyclic) bond motifs is 1. The molecular weight excluding hydrogens is 564 g/mol. The molecule has 0 radical (unpaired) electrons. The van der Waals surface area contributed by atoms with E-state index in [9.17, 15) is 9.59 Å². The average molecular weight is 609 g/mol. The van der Waals surface area contributed by atoms with Gasteiger partial charge in [-0.3, -0.25) is 15.0 Å². The highest BCUT2D eigenvalue weighted by Crippen LogP contribution is 2.30. The Labute approximate surface area is 258 Å². The SMILES string of the molecule is CCCC(CCC)Nc1nc(NC(=O)OC)nc2cnn(Cc3ncc(C4=CCN(C(=O)OC(C)(C)C)CC4)cc3OC)c12. The first kappa shape index (κ1) is 32.5. The smallest absolute Gasteiger partial charge is 0.413 e. The molecule has 4 rings (SSSR count). The highest BCUT2D eigenvalue weighted by Gasteiger charge is 2.25. The summed E-state index contributed by atoms with van der Waals surface area (Å²) in [6.45, 7) is 11.2. The molecule has 13 heteroatoms. The quantitative estimate of drug-likeness (QED) is 0.271. The molecule has 2 N–H and O–H groups in total. The van der Waals surface area contributed by atoms with Gasteiger partial charge in [-0.15, -0.1) is 0 Å². The van der Waals surface area contributed by atoms with Crippen LogP contribution in [-0.4, -0.2) is 80.8 Å².